The number of nitrogens with one attached hydrogen (secondary N) is 1. The lowest BCUT2D eigenvalue weighted by atomic mass is 10.1. The Labute approximate surface area is 82.4 Å². The second kappa shape index (κ2) is 3.64. The van der Waals surface area contributed by atoms with Crippen molar-refractivity contribution in [1.82, 2.24) is 5.32 Å². The van der Waals surface area contributed by atoms with Gasteiger partial charge in [-0.05, 0) is 23.9 Å². The minimum absolute atomic E-state index is 0.136. The molecule has 0 bridgehead atoms. The van der Waals surface area contributed by atoms with Gasteiger partial charge in [0.15, 0.2) is 0 Å². The molecule has 0 aromatic heterocycles. The summed E-state index contributed by atoms with van der Waals surface area (Å²) in [6, 6.07) is 7.40. The number of benzene rings is 1. The van der Waals surface area contributed by atoms with E-state index in [-0.39, 0.29) is 12.0 Å². The van der Waals surface area contributed by atoms with Gasteiger partial charge in [0, 0.05) is 5.56 Å². The molecule has 0 saturated carbocycles. The normalized spacial score (nSPS) is 18.7. The van der Waals surface area contributed by atoms with Gasteiger partial charge in [0.2, 0.25) is 0 Å². The van der Waals surface area contributed by atoms with E-state index in [9.17, 15) is 4.79 Å². The van der Waals surface area contributed by atoms with Gasteiger partial charge in [-0.2, -0.15) is 0 Å². The van der Waals surface area contributed by atoms with E-state index in [0.29, 0.717) is 5.56 Å². The molecule has 0 spiro atoms. The predicted octanol–water partition coefficient (Wildman–Crippen LogP) is 1.63. The Hall–Kier alpha value is -1.61. The van der Waals surface area contributed by atoms with E-state index < -0.39 is 0 Å². The number of carbonyl (C=O) groups is 1. The highest BCUT2D eigenvalue weighted by molar-refractivity contribution is 5.94. The molecule has 3 heteroatoms. The first-order chi connectivity index (χ1) is 6.81. The summed E-state index contributed by atoms with van der Waals surface area (Å²) in [5, 5.41) is 2.52. The van der Waals surface area contributed by atoms with Crippen molar-refractivity contribution in [2.75, 3.05) is 6.61 Å². The van der Waals surface area contributed by atoms with E-state index in [1.807, 2.05) is 12.1 Å². The molecule has 0 radical (unpaired) electrons. The molecule has 72 valence electrons. The molecule has 1 saturated heterocycles. The van der Waals surface area contributed by atoms with E-state index in [1.165, 1.54) is 6.20 Å². The molecule has 1 fully saturated rings. The van der Waals surface area contributed by atoms with Crippen molar-refractivity contribution in [3.63, 3.8) is 0 Å². The zero-order valence-corrected chi connectivity index (χ0v) is 7.69. The third kappa shape index (κ3) is 1.83. The van der Waals surface area contributed by atoms with Crippen LogP contribution in [0.1, 0.15) is 22.0 Å². The molecule has 1 aromatic rings. The molecular formula is C11H11NO2. The van der Waals surface area contributed by atoms with Gasteiger partial charge < -0.3 is 10.1 Å². The molecule has 1 aromatic carbocycles. The Morgan fingerprint density at radius 3 is 2.64 bits per heavy atom. The third-order valence-corrected chi connectivity index (χ3v) is 2.11. The highest BCUT2D eigenvalue weighted by Crippen LogP contribution is 2.29. The number of carbonyl (C=O) groups excluding carboxylic acids is 1. The van der Waals surface area contributed by atoms with Crippen LogP contribution in [0.25, 0.3) is 0 Å². The monoisotopic (exact) mass is 189 g/mol. The lowest BCUT2D eigenvalue weighted by Gasteiger charge is -2.00. The van der Waals surface area contributed by atoms with Gasteiger partial charge >= 0.3 is 0 Å². The molecule has 14 heavy (non-hydrogen) atoms. The molecule has 3 nitrogen and oxygen atoms in total. The van der Waals surface area contributed by atoms with Gasteiger partial charge in [-0.1, -0.05) is 18.7 Å². The smallest absolute Gasteiger partial charge is 0.255 e. The van der Waals surface area contributed by atoms with Gasteiger partial charge in [-0.3, -0.25) is 4.79 Å². The Morgan fingerprint density at radius 2 is 2.14 bits per heavy atom. The molecular weight excluding hydrogens is 178 g/mol. The Morgan fingerprint density at radius 1 is 1.50 bits per heavy atom. The van der Waals surface area contributed by atoms with Crippen LogP contribution in [-0.4, -0.2) is 12.5 Å². The van der Waals surface area contributed by atoms with E-state index in [0.717, 1.165) is 12.2 Å². The van der Waals surface area contributed by atoms with Gasteiger partial charge in [-0.25, -0.2) is 0 Å². The SMILES string of the molecule is C=CNC(=O)c1ccc(C2CO2)cc1. The largest absolute Gasteiger partial charge is 0.368 e. The molecule has 1 unspecified atom stereocenters. The van der Waals surface area contributed by atoms with Crippen molar-refractivity contribution in [3.05, 3.63) is 48.2 Å². The number of hydrogen-bond acceptors (Lipinski definition) is 2. The van der Waals surface area contributed by atoms with Crippen molar-refractivity contribution < 1.29 is 9.53 Å². The Kier molecular flexibility index (Phi) is 2.33. The summed E-state index contributed by atoms with van der Waals surface area (Å²) >= 11 is 0. The molecule has 1 amide bonds. The first kappa shape index (κ1) is 8.97. The van der Waals surface area contributed by atoms with Crippen molar-refractivity contribution >= 4 is 5.91 Å². The van der Waals surface area contributed by atoms with Crippen LogP contribution in [0.5, 0.6) is 0 Å². The quantitative estimate of drug-likeness (QED) is 0.734. The fourth-order valence-electron chi connectivity index (χ4n) is 1.27. The highest BCUT2D eigenvalue weighted by Gasteiger charge is 2.24. The summed E-state index contributed by atoms with van der Waals surface area (Å²) in [4.78, 5) is 11.3. The van der Waals surface area contributed by atoms with Gasteiger partial charge in [0.05, 0.1) is 6.61 Å². The fourth-order valence-corrected chi connectivity index (χ4v) is 1.27. The molecule has 1 heterocycles. The summed E-state index contributed by atoms with van der Waals surface area (Å²) in [6.07, 6.45) is 1.62. The molecule has 2 rings (SSSR count). The van der Waals surface area contributed by atoms with Crippen LogP contribution < -0.4 is 5.32 Å². The average Bonchev–Trinajstić information content (AvgIpc) is 3.02. The number of ether oxygens (including phenoxy) is 1. The molecule has 1 atom stereocenters. The lowest BCUT2D eigenvalue weighted by Crippen LogP contribution is -2.16. The second-order valence-electron chi connectivity index (χ2n) is 3.12. The number of rotatable bonds is 3. The van der Waals surface area contributed by atoms with Crippen molar-refractivity contribution in [2.45, 2.75) is 6.10 Å². The van der Waals surface area contributed by atoms with E-state index in [1.54, 1.807) is 12.1 Å². The van der Waals surface area contributed by atoms with Gasteiger partial charge in [0.25, 0.3) is 5.91 Å². The molecule has 0 aliphatic carbocycles. The summed E-state index contributed by atoms with van der Waals surface area (Å²) in [6.45, 7) is 4.22. The maximum atomic E-state index is 11.3. The highest BCUT2D eigenvalue weighted by atomic mass is 16.6. The summed E-state index contributed by atoms with van der Waals surface area (Å²) in [7, 11) is 0. The summed E-state index contributed by atoms with van der Waals surface area (Å²) < 4.78 is 5.13. The van der Waals surface area contributed by atoms with Crippen molar-refractivity contribution in [1.29, 1.82) is 0 Å². The predicted molar refractivity (Wildman–Crippen MR) is 52.8 cm³/mol. The lowest BCUT2D eigenvalue weighted by molar-refractivity contribution is 0.0970. The first-order valence-corrected chi connectivity index (χ1v) is 4.44. The molecule has 1 aliphatic heterocycles. The summed E-state index contributed by atoms with van der Waals surface area (Å²) in [5.74, 6) is -0.136. The van der Waals surface area contributed by atoms with Crippen LogP contribution in [0.2, 0.25) is 0 Å². The maximum Gasteiger partial charge on any atom is 0.255 e. The van der Waals surface area contributed by atoms with E-state index in [2.05, 4.69) is 11.9 Å². The standard InChI is InChI=1S/C11H11NO2/c1-2-12-11(13)9-5-3-8(4-6-9)10-7-14-10/h2-6,10H,1,7H2,(H,12,13). The molecule has 1 aliphatic rings. The van der Waals surface area contributed by atoms with Crippen molar-refractivity contribution in [3.8, 4) is 0 Å². The topological polar surface area (TPSA) is 41.6 Å². The van der Waals surface area contributed by atoms with Crippen LogP contribution in [0.3, 0.4) is 0 Å². The van der Waals surface area contributed by atoms with Gasteiger partial charge in [0.1, 0.15) is 6.10 Å². The minimum Gasteiger partial charge on any atom is -0.368 e. The fraction of sp³-hybridized carbons (Fsp3) is 0.182. The summed E-state index contributed by atoms with van der Waals surface area (Å²) in [5.41, 5.74) is 1.76. The van der Waals surface area contributed by atoms with Crippen molar-refractivity contribution in [2.24, 2.45) is 0 Å². The molecule has 1 N–H and O–H groups in total. The second-order valence-corrected chi connectivity index (χ2v) is 3.12. The zero-order valence-electron chi connectivity index (χ0n) is 7.69. The van der Waals surface area contributed by atoms with E-state index in [4.69, 9.17) is 4.74 Å². The number of amides is 1. The van der Waals surface area contributed by atoms with Crippen LogP contribution in [0, 0.1) is 0 Å². The van der Waals surface area contributed by atoms with E-state index >= 15 is 0 Å². The van der Waals surface area contributed by atoms with Gasteiger partial charge in [-0.15, -0.1) is 0 Å². The number of epoxide rings is 1. The van der Waals surface area contributed by atoms with Crippen LogP contribution in [0.15, 0.2) is 37.0 Å². The average molecular weight is 189 g/mol. The maximum absolute atomic E-state index is 11.3. The Bertz CT molecular complexity index is 352. The first-order valence-electron chi connectivity index (χ1n) is 4.44. The van der Waals surface area contributed by atoms with Crippen LogP contribution in [0.4, 0.5) is 0 Å². The van der Waals surface area contributed by atoms with Crippen LogP contribution in [-0.2, 0) is 4.74 Å². The Balaban J connectivity index is 2.12. The number of hydrogen-bond donors (Lipinski definition) is 1. The third-order valence-electron chi connectivity index (χ3n) is 2.11. The minimum atomic E-state index is -0.136. The zero-order chi connectivity index (χ0) is 9.97. The van der Waals surface area contributed by atoms with Crippen LogP contribution >= 0.6 is 0 Å².